The zero-order valence-corrected chi connectivity index (χ0v) is 16.5. The van der Waals surface area contributed by atoms with Gasteiger partial charge in [0.05, 0.1) is 11.4 Å². The maximum Gasteiger partial charge on any atom is 0.0547 e. The Balaban J connectivity index is 2.26. The van der Waals surface area contributed by atoms with Gasteiger partial charge in [-0.1, -0.05) is 6.07 Å². The molecule has 0 fully saturated rings. The highest BCUT2D eigenvalue weighted by Crippen LogP contribution is 2.13. The molecule has 0 amide bonds. The average molecular weight is 333 g/mol. The summed E-state index contributed by atoms with van der Waals surface area (Å²) in [6.07, 6.45) is 0. The molecule has 0 radical (unpaired) electrons. The summed E-state index contributed by atoms with van der Waals surface area (Å²) in [6, 6.07) is 8.18. The Morgan fingerprint density at radius 3 is 1.42 bits per heavy atom. The SMILES string of the molecule is CC(C)N1CCN(C(C)C)Cc2cccc(n2)CN(C(C)C)CC1. The minimum atomic E-state index is 0.541. The summed E-state index contributed by atoms with van der Waals surface area (Å²) >= 11 is 0. The normalized spacial score (nSPS) is 19.7. The Kier molecular flexibility index (Phi) is 7.20. The smallest absolute Gasteiger partial charge is 0.0547 e. The fourth-order valence-corrected chi connectivity index (χ4v) is 3.30. The van der Waals surface area contributed by atoms with E-state index in [1.54, 1.807) is 0 Å². The van der Waals surface area contributed by atoms with Crippen LogP contribution in [0.4, 0.5) is 0 Å². The molecule has 0 spiro atoms. The van der Waals surface area contributed by atoms with E-state index in [2.05, 4.69) is 74.4 Å². The van der Waals surface area contributed by atoms with E-state index in [0.29, 0.717) is 18.1 Å². The average Bonchev–Trinajstić information content (AvgIpc) is 2.50. The Morgan fingerprint density at radius 1 is 0.667 bits per heavy atom. The fourth-order valence-electron chi connectivity index (χ4n) is 3.30. The molecular formula is C20H36N4. The van der Waals surface area contributed by atoms with Crippen molar-refractivity contribution >= 4 is 0 Å². The highest BCUT2D eigenvalue weighted by molar-refractivity contribution is 5.11. The van der Waals surface area contributed by atoms with Crippen molar-refractivity contribution in [1.29, 1.82) is 0 Å². The summed E-state index contributed by atoms with van der Waals surface area (Å²) in [4.78, 5) is 12.6. The summed E-state index contributed by atoms with van der Waals surface area (Å²) in [5, 5.41) is 0. The van der Waals surface area contributed by atoms with E-state index >= 15 is 0 Å². The van der Waals surface area contributed by atoms with Crippen LogP contribution in [0.3, 0.4) is 0 Å². The Bertz CT molecular complexity index is 461. The van der Waals surface area contributed by atoms with Crippen molar-refractivity contribution in [3.05, 3.63) is 29.6 Å². The maximum atomic E-state index is 4.93. The second kappa shape index (κ2) is 8.93. The van der Waals surface area contributed by atoms with Crippen molar-refractivity contribution in [1.82, 2.24) is 19.7 Å². The lowest BCUT2D eigenvalue weighted by Gasteiger charge is -2.35. The molecule has 0 aromatic carbocycles. The quantitative estimate of drug-likeness (QED) is 0.847. The molecule has 1 aromatic heterocycles. The van der Waals surface area contributed by atoms with Crippen LogP contribution >= 0.6 is 0 Å². The molecule has 0 saturated carbocycles. The number of rotatable bonds is 3. The highest BCUT2D eigenvalue weighted by atomic mass is 15.3. The van der Waals surface area contributed by atoms with Crippen LogP contribution < -0.4 is 0 Å². The molecule has 4 heteroatoms. The van der Waals surface area contributed by atoms with Crippen molar-refractivity contribution in [3.8, 4) is 0 Å². The lowest BCUT2D eigenvalue weighted by Crippen LogP contribution is -2.45. The van der Waals surface area contributed by atoms with Gasteiger partial charge in [0, 0.05) is 57.4 Å². The van der Waals surface area contributed by atoms with Crippen molar-refractivity contribution in [2.24, 2.45) is 0 Å². The Morgan fingerprint density at radius 2 is 1.04 bits per heavy atom. The first kappa shape index (κ1) is 19.4. The standard InChI is InChI=1S/C20H36N4/c1-16(2)22-10-12-23(17(3)4)14-19-8-7-9-20(21-19)15-24(13-11-22)18(5)6/h7-9,16-18H,10-15H2,1-6H3. The Labute approximate surface area is 148 Å². The number of hydrogen-bond donors (Lipinski definition) is 0. The van der Waals surface area contributed by atoms with E-state index < -0.39 is 0 Å². The number of pyridine rings is 1. The molecular weight excluding hydrogens is 296 g/mol. The van der Waals surface area contributed by atoms with Crippen molar-refractivity contribution in [3.63, 3.8) is 0 Å². The summed E-state index contributed by atoms with van der Waals surface area (Å²) in [5.41, 5.74) is 2.39. The largest absolute Gasteiger partial charge is 0.298 e. The van der Waals surface area contributed by atoms with Crippen LogP contribution in [0, 0.1) is 0 Å². The topological polar surface area (TPSA) is 22.6 Å². The maximum absolute atomic E-state index is 4.93. The van der Waals surface area contributed by atoms with Crippen molar-refractivity contribution in [2.45, 2.75) is 72.8 Å². The predicted octanol–water partition coefficient (Wildman–Crippen LogP) is 3.23. The van der Waals surface area contributed by atoms with Gasteiger partial charge in [0.25, 0.3) is 0 Å². The molecule has 0 aliphatic carbocycles. The molecule has 0 saturated heterocycles. The highest BCUT2D eigenvalue weighted by Gasteiger charge is 2.19. The molecule has 136 valence electrons. The zero-order chi connectivity index (χ0) is 17.7. The first-order valence-electron chi connectivity index (χ1n) is 9.53. The molecule has 0 unspecified atom stereocenters. The lowest BCUT2D eigenvalue weighted by atomic mass is 10.2. The van der Waals surface area contributed by atoms with Crippen molar-refractivity contribution in [2.75, 3.05) is 26.2 Å². The van der Waals surface area contributed by atoms with E-state index in [1.165, 1.54) is 11.4 Å². The van der Waals surface area contributed by atoms with Gasteiger partial charge >= 0.3 is 0 Å². The number of nitrogens with zero attached hydrogens (tertiary/aromatic N) is 4. The number of fused-ring (bicyclic) bond motifs is 2. The van der Waals surface area contributed by atoms with Crippen LogP contribution in [0.15, 0.2) is 18.2 Å². The van der Waals surface area contributed by atoms with E-state index in [-0.39, 0.29) is 0 Å². The molecule has 2 heterocycles. The monoisotopic (exact) mass is 332 g/mol. The first-order chi connectivity index (χ1) is 11.4. The summed E-state index contributed by atoms with van der Waals surface area (Å²) in [5.74, 6) is 0. The predicted molar refractivity (Wildman–Crippen MR) is 102 cm³/mol. The van der Waals surface area contributed by atoms with Gasteiger partial charge in [0.1, 0.15) is 0 Å². The molecule has 4 nitrogen and oxygen atoms in total. The zero-order valence-electron chi connectivity index (χ0n) is 16.5. The van der Waals surface area contributed by atoms with Gasteiger partial charge in [0.15, 0.2) is 0 Å². The Hall–Kier alpha value is -0.970. The van der Waals surface area contributed by atoms with Gasteiger partial charge in [-0.15, -0.1) is 0 Å². The molecule has 2 bridgehead atoms. The third-order valence-corrected chi connectivity index (χ3v) is 5.13. The number of hydrogen-bond acceptors (Lipinski definition) is 4. The van der Waals surface area contributed by atoms with Crippen LogP contribution in [0.25, 0.3) is 0 Å². The molecule has 1 aliphatic heterocycles. The van der Waals surface area contributed by atoms with Crippen LogP contribution in [-0.4, -0.2) is 64.0 Å². The molecule has 0 atom stereocenters. The molecule has 1 aliphatic rings. The van der Waals surface area contributed by atoms with Gasteiger partial charge in [-0.05, 0) is 53.7 Å². The van der Waals surface area contributed by atoms with E-state index in [9.17, 15) is 0 Å². The van der Waals surface area contributed by atoms with E-state index in [4.69, 9.17) is 4.98 Å². The second-order valence-electron chi connectivity index (χ2n) is 7.88. The van der Waals surface area contributed by atoms with E-state index in [0.717, 1.165) is 39.3 Å². The minimum Gasteiger partial charge on any atom is -0.298 e. The van der Waals surface area contributed by atoms with Gasteiger partial charge in [-0.3, -0.25) is 19.7 Å². The van der Waals surface area contributed by atoms with Crippen LogP contribution in [0.2, 0.25) is 0 Å². The van der Waals surface area contributed by atoms with E-state index in [1.807, 2.05) is 0 Å². The van der Waals surface area contributed by atoms with Gasteiger partial charge in [-0.2, -0.15) is 0 Å². The molecule has 0 N–H and O–H groups in total. The second-order valence-corrected chi connectivity index (χ2v) is 7.88. The number of aromatic nitrogens is 1. The van der Waals surface area contributed by atoms with Gasteiger partial charge < -0.3 is 0 Å². The minimum absolute atomic E-state index is 0.541. The first-order valence-corrected chi connectivity index (χ1v) is 9.53. The molecule has 2 rings (SSSR count). The van der Waals surface area contributed by atoms with Crippen LogP contribution in [-0.2, 0) is 13.1 Å². The van der Waals surface area contributed by atoms with Crippen LogP contribution in [0.5, 0.6) is 0 Å². The summed E-state index contributed by atoms with van der Waals surface area (Å²) in [7, 11) is 0. The van der Waals surface area contributed by atoms with Crippen LogP contribution in [0.1, 0.15) is 52.9 Å². The molecule has 24 heavy (non-hydrogen) atoms. The molecule has 1 aromatic rings. The summed E-state index contributed by atoms with van der Waals surface area (Å²) in [6.45, 7) is 20.1. The van der Waals surface area contributed by atoms with Gasteiger partial charge in [0.2, 0.25) is 0 Å². The lowest BCUT2D eigenvalue weighted by molar-refractivity contribution is 0.119. The van der Waals surface area contributed by atoms with Gasteiger partial charge in [-0.25, -0.2) is 0 Å². The van der Waals surface area contributed by atoms with Crippen molar-refractivity contribution < 1.29 is 0 Å². The third kappa shape index (κ3) is 5.54. The third-order valence-electron chi connectivity index (χ3n) is 5.13. The summed E-state index contributed by atoms with van der Waals surface area (Å²) < 4.78 is 0. The fraction of sp³-hybridized carbons (Fsp3) is 0.750.